The Morgan fingerprint density at radius 3 is 2.86 bits per heavy atom. The highest BCUT2D eigenvalue weighted by Gasteiger charge is 2.57. The first-order valence-corrected chi connectivity index (χ1v) is 9.58. The summed E-state index contributed by atoms with van der Waals surface area (Å²) in [5.74, 6) is 1.08. The van der Waals surface area contributed by atoms with Crippen molar-refractivity contribution in [3.63, 3.8) is 0 Å². The normalized spacial score (nSPS) is 24.2. The van der Waals surface area contributed by atoms with E-state index < -0.39 is 5.41 Å². The van der Waals surface area contributed by atoms with Gasteiger partial charge in [0, 0.05) is 24.7 Å². The van der Waals surface area contributed by atoms with Gasteiger partial charge in [0.05, 0.1) is 28.9 Å². The van der Waals surface area contributed by atoms with E-state index in [-0.39, 0.29) is 17.2 Å². The fourth-order valence-electron chi connectivity index (χ4n) is 4.32. The smallest absolute Gasteiger partial charge is 0.246 e. The summed E-state index contributed by atoms with van der Waals surface area (Å²) in [4.78, 5) is 21.3. The number of rotatable bonds is 4. The van der Waals surface area contributed by atoms with Crippen molar-refractivity contribution in [3.8, 4) is 0 Å². The Kier molecular flexibility index (Phi) is 4.33. The van der Waals surface area contributed by atoms with Gasteiger partial charge in [0.25, 0.3) is 0 Å². The third-order valence-corrected chi connectivity index (χ3v) is 6.57. The van der Waals surface area contributed by atoms with Gasteiger partial charge in [0.15, 0.2) is 0 Å². The molecule has 2 unspecified atom stereocenters. The first kappa shape index (κ1) is 18.4. The molecule has 1 fully saturated rings. The van der Waals surface area contributed by atoms with Crippen molar-refractivity contribution >= 4 is 23.2 Å². The van der Waals surface area contributed by atoms with E-state index in [9.17, 15) is 4.79 Å². The molecule has 1 amide bonds. The summed E-state index contributed by atoms with van der Waals surface area (Å²) in [7, 11) is 1.84. The summed E-state index contributed by atoms with van der Waals surface area (Å²) in [6.45, 7) is 6.34. The quantitative estimate of drug-likeness (QED) is 0.539. The predicted molar refractivity (Wildman–Crippen MR) is 109 cm³/mol. The summed E-state index contributed by atoms with van der Waals surface area (Å²) in [6.07, 6.45) is 6.86. The molecule has 0 saturated heterocycles. The van der Waals surface area contributed by atoms with Crippen molar-refractivity contribution in [2.45, 2.75) is 39.5 Å². The molecule has 1 aromatic carbocycles. The summed E-state index contributed by atoms with van der Waals surface area (Å²) < 4.78 is 1.70. The van der Waals surface area contributed by atoms with Crippen molar-refractivity contribution in [3.05, 3.63) is 48.0 Å². The number of amides is 1. The van der Waals surface area contributed by atoms with Crippen LogP contribution in [0.15, 0.2) is 41.8 Å². The van der Waals surface area contributed by atoms with Crippen LogP contribution in [0, 0.1) is 10.8 Å². The molecule has 1 aliphatic carbocycles. The highest BCUT2D eigenvalue weighted by molar-refractivity contribution is 5.86. The van der Waals surface area contributed by atoms with E-state index in [1.807, 2.05) is 44.4 Å². The number of hydrazone groups is 1. The average Bonchev–Trinajstić information content (AvgIpc) is 3.32. The first-order chi connectivity index (χ1) is 13.3. The Labute approximate surface area is 164 Å². The molecule has 2 N–H and O–H groups in total. The van der Waals surface area contributed by atoms with Crippen molar-refractivity contribution in [2.24, 2.45) is 23.0 Å². The molecule has 1 aliphatic rings. The number of hydrogen-bond acceptors (Lipinski definition) is 4. The molecule has 4 rings (SSSR count). The number of carbonyl (C=O) groups excluding carboxylic acids is 1. The lowest BCUT2D eigenvalue weighted by molar-refractivity contribution is -0.135. The number of fused-ring (bicyclic) bond motifs is 1. The Hall–Kier alpha value is -2.96. The topological polar surface area (TPSA) is 88.0 Å². The molecule has 28 heavy (non-hydrogen) atoms. The molecule has 2 atom stereocenters. The molecular weight excluding hydrogens is 352 g/mol. The average molecular weight is 378 g/mol. The number of hydrogen-bond donors (Lipinski definition) is 2. The van der Waals surface area contributed by atoms with Crippen LogP contribution in [0.4, 0.5) is 0 Å². The minimum atomic E-state index is -0.539. The monoisotopic (exact) mass is 378 g/mol. The number of H-pyrrole nitrogens is 1. The zero-order chi connectivity index (χ0) is 19.9. The molecule has 7 heteroatoms. The maximum absolute atomic E-state index is 13.1. The number of aromatic amines is 1. The van der Waals surface area contributed by atoms with Gasteiger partial charge in [0.2, 0.25) is 5.91 Å². The molecular formula is C21H26N6O. The van der Waals surface area contributed by atoms with Crippen LogP contribution in [-0.2, 0) is 11.8 Å². The molecule has 2 aromatic heterocycles. The van der Waals surface area contributed by atoms with E-state index in [0.717, 1.165) is 35.3 Å². The Balaban J connectivity index is 1.53. The van der Waals surface area contributed by atoms with Crippen LogP contribution in [0.3, 0.4) is 0 Å². The Morgan fingerprint density at radius 1 is 1.36 bits per heavy atom. The Morgan fingerprint density at radius 2 is 2.14 bits per heavy atom. The zero-order valence-electron chi connectivity index (χ0n) is 16.7. The van der Waals surface area contributed by atoms with Gasteiger partial charge in [-0.3, -0.25) is 9.48 Å². The van der Waals surface area contributed by atoms with Crippen LogP contribution in [0.2, 0.25) is 0 Å². The van der Waals surface area contributed by atoms with Crippen LogP contribution in [0.1, 0.15) is 50.9 Å². The van der Waals surface area contributed by atoms with Crippen LogP contribution >= 0.6 is 0 Å². The molecule has 7 nitrogen and oxygen atoms in total. The number of aromatic nitrogens is 4. The van der Waals surface area contributed by atoms with Gasteiger partial charge in [-0.1, -0.05) is 32.9 Å². The van der Waals surface area contributed by atoms with E-state index in [2.05, 4.69) is 34.5 Å². The van der Waals surface area contributed by atoms with Gasteiger partial charge in [-0.25, -0.2) is 10.4 Å². The van der Waals surface area contributed by atoms with Crippen molar-refractivity contribution in [1.29, 1.82) is 0 Å². The number of nitrogens with one attached hydrogen (secondary N) is 2. The third kappa shape index (κ3) is 2.91. The summed E-state index contributed by atoms with van der Waals surface area (Å²) >= 11 is 0. The van der Waals surface area contributed by atoms with Crippen molar-refractivity contribution in [2.75, 3.05) is 0 Å². The SMILES string of the molecule is Cn1cc(C=NNC(=O)C2(C)CCC(c3nc4ccccc4[nH]3)C2(C)C)cn1. The molecule has 0 bridgehead atoms. The van der Waals surface area contributed by atoms with E-state index in [1.54, 1.807) is 17.1 Å². The minimum Gasteiger partial charge on any atom is -0.342 e. The standard InChI is InChI=1S/C21H26N6O/c1-20(2)15(18-24-16-7-5-6-8-17(16)25-18)9-10-21(20,3)19(28)26-22-11-14-12-23-27(4)13-14/h5-8,11-13,15H,9-10H2,1-4H3,(H,24,25)(H,26,28). The molecule has 0 spiro atoms. The fraction of sp³-hybridized carbons (Fsp3) is 0.429. The van der Waals surface area contributed by atoms with Crippen molar-refractivity contribution < 1.29 is 4.79 Å². The molecule has 0 radical (unpaired) electrons. The summed E-state index contributed by atoms with van der Waals surface area (Å²) in [6, 6.07) is 8.04. The van der Waals surface area contributed by atoms with Gasteiger partial charge in [-0.15, -0.1) is 0 Å². The van der Waals surface area contributed by atoms with Gasteiger partial charge < -0.3 is 4.98 Å². The number of benzene rings is 1. The minimum absolute atomic E-state index is 0.0590. The second kappa shape index (κ2) is 6.58. The van der Waals surface area contributed by atoms with Gasteiger partial charge in [0.1, 0.15) is 5.82 Å². The lowest BCUT2D eigenvalue weighted by Gasteiger charge is -2.39. The first-order valence-electron chi connectivity index (χ1n) is 9.58. The van der Waals surface area contributed by atoms with Crippen molar-refractivity contribution in [1.82, 2.24) is 25.2 Å². The molecule has 146 valence electrons. The summed E-state index contributed by atoms with van der Waals surface area (Å²) in [5.41, 5.74) is 4.78. The van der Waals surface area contributed by atoms with Gasteiger partial charge in [-0.2, -0.15) is 10.2 Å². The van der Waals surface area contributed by atoms with E-state index in [0.29, 0.717) is 0 Å². The number of carbonyl (C=O) groups is 1. The van der Waals surface area contributed by atoms with Gasteiger partial charge in [-0.05, 0) is 30.4 Å². The largest absolute Gasteiger partial charge is 0.342 e. The highest BCUT2D eigenvalue weighted by atomic mass is 16.2. The number of aryl methyl sites for hydroxylation is 1. The summed E-state index contributed by atoms with van der Waals surface area (Å²) in [5, 5.41) is 8.23. The van der Waals surface area contributed by atoms with Crippen LogP contribution in [-0.4, -0.2) is 31.9 Å². The number of nitrogens with zero attached hydrogens (tertiary/aromatic N) is 4. The molecule has 0 aliphatic heterocycles. The number of para-hydroxylation sites is 2. The number of imidazole rings is 1. The van der Waals surface area contributed by atoms with E-state index >= 15 is 0 Å². The maximum Gasteiger partial charge on any atom is 0.246 e. The lowest BCUT2D eigenvalue weighted by Crippen LogP contribution is -2.45. The maximum atomic E-state index is 13.1. The zero-order valence-corrected chi connectivity index (χ0v) is 16.7. The fourth-order valence-corrected chi connectivity index (χ4v) is 4.32. The third-order valence-electron chi connectivity index (χ3n) is 6.57. The molecule has 1 saturated carbocycles. The van der Waals surface area contributed by atoms with Crippen LogP contribution in [0.5, 0.6) is 0 Å². The lowest BCUT2D eigenvalue weighted by atomic mass is 9.65. The molecule has 3 aromatic rings. The van der Waals surface area contributed by atoms with Crippen LogP contribution < -0.4 is 5.43 Å². The van der Waals surface area contributed by atoms with E-state index in [1.165, 1.54) is 0 Å². The second-order valence-electron chi connectivity index (χ2n) is 8.43. The second-order valence-corrected chi connectivity index (χ2v) is 8.43. The Bertz CT molecular complexity index is 1010. The predicted octanol–water partition coefficient (Wildman–Crippen LogP) is 3.36. The molecule has 2 heterocycles. The van der Waals surface area contributed by atoms with Gasteiger partial charge >= 0.3 is 0 Å². The van der Waals surface area contributed by atoms with E-state index in [4.69, 9.17) is 4.98 Å². The van der Waals surface area contributed by atoms with Crippen LogP contribution in [0.25, 0.3) is 11.0 Å². The highest BCUT2D eigenvalue weighted by Crippen LogP contribution is 2.59.